The lowest BCUT2D eigenvalue weighted by atomic mass is 10.2. The van der Waals surface area contributed by atoms with Gasteiger partial charge in [-0.3, -0.25) is 9.59 Å². The van der Waals surface area contributed by atoms with Crippen LogP contribution < -0.4 is 0 Å². The largest absolute Gasteiger partial charge is 0.480 e. The molecule has 0 heterocycles. The third-order valence-corrected chi connectivity index (χ3v) is 4.60. The van der Waals surface area contributed by atoms with Crippen LogP contribution in [0.4, 0.5) is 0 Å². The van der Waals surface area contributed by atoms with Crippen LogP contribution in [0.1, 0.15) is 5.56 Å². The number of nitrogens with zero attached hydrogens (tertiary/aromatic N) is 1. The second-order valence-electron chi connectivity index (χ2n) is 3.99. The molecule has 0 aromatic heterocycles. The number of hydrogen-bond donors (Lipinski definition) is 2. The Labute approximate surface area is 120 Å². The lowest BCUT2D eigenvalue weighted by Crippen LogP contribution is -2.39. The fourth-order valence-electron chi connectivity index (χ4n) is 1.48. The Morgan fingerprint density at radius 3 is 2.10 bits per heavy atom. The molecule has 0 amide bonds. The predicted octanol–water partition coefficient (Wildman–Crippen LogP) is 0.808. The van der Waals surface area contributed by atoms with Crippen molar-refractivity contribution in [3.63, 3.8) is 0 Å². The van der Waals surface area contributed by atoms with E-state index in [-0.39, 0.29) is 9.92 Å². The first-order valence-corrected chi connectivity index (χ1v) is 7.16. The fraction of sp³-hybridized carbons (Fsp3) is 0.273. The maximum Gasteiger partial charge on any atom is 0.318 e. The number of halogens is 1. The van der Waals surface area contributed by atoms with Crippen LogP contribution in [-0.2, 0) is 19.6 Å². The molecule has 1 aromatic rings. The van der Waals surface area contributed by atoms with Crippen LogP contribution >= 0.6 is 11.6 Å². The van der Waals surface area contributed by atoms with E-state index in [1.165, 1.54) is 18.2 Å². The van der Waals surface area contributed by atoms with E-state index in [0.29, 0.717) is 4.31 Å². The average Bonchev–Trinajstić information content (AvgIpc) is 2.26. The van der Waals surface area contributed by atoms with Crippen molar-refractivity contribution < 1.29 is 28.2 Å². The van der Waals surface area contributed by atoms with E-state index in [9.17, 15) is 18.0 Å². The molecule has 0 atom stereocenters. The summed E-state index contributed by atoms with van der Waals surface area (Å²) in [4.78, 5) is 21.0. The number of aliphatic carboxylic acids is 2. The maximum absolute atomic E-state index is 12.3. The van der Waals surface area contributed by atoms with Gasteiger partial charge in [-0.15, -0.1) is 0 Å². The Balaban J connectivity index is 3.28. The first-order valence-electron chi connectivity index (χ1n) is 5.34. The monoisotopic (exact) mass is 321 g/mol. The molecule has 0 bridgehead atoms. The molecule has 2 N–H and O–H groups in total. The van der Waals surface area contributed by atoms with Crippen LogP contribution in [0.5, 0.6) is 0 Å². The van der Waals surface area contributed by atoms with E-state index >= 15 is 0 Å². The van der Waals surface area contributed by atoms with Gasteiger partial charge in [0.05, 0.1) is 5.02 Å². The third kappa shape index (κ3) is 3.92. The van der Waals surface area contributed by atoms with Gasteiger partial charge < -0.3 is 10.2 Å². The van der Waals surface area contributed by atoms with Gasteiger partial charge in [0.25, 0.3) is 0 Å². The van der Waals surface area contributed by atoms with Crippen molar-refractivity contribution in [1.82, 2.24) is 4.31 Å². The van der Waals surface area contributed by atoms with E-state index in [0.717, 1.165) is 5.56 Å². The number of rotatable bonds is 6. The summed E-state index contributed by atoms with van der Waals surface area (Å²) < 4.78 is 24.8. The van der Waals surface area contributed by atoms with Gasteiger partial charge in [0.2, 0.25) is 10.0 Å². The number of carboxylic acids is 2. The Hall–Kier alpha value is -1.64. The van der Waals surface area contributed by atoms with Gasteiger partial charge in [0.15, 0.2) is 0 Å². The van der Waals surface area contributed by atoms with E-state index in [2.05, 4.69) is 0 Å². The van der Waals surface area contributed by atoms with E-state index in [1.807, 2.05) is 0 Å². The number of hydrogen-bond acceptors (Lipinski definition) is 4. The van der Waals surface area contributed by atoms with E-state index < -0.39 is 35.1 Å². The van der Waals surface area contributed by atoms with Crippen LogP contribution in [0.2, 0.25) is 5.02 Å². The van der Waals surface area contributed by atoms with Gasteiger partial charge in [-0.1, -0.05) is 17.7 Å². The van der Waals surface area contributed by atoms with Crippen LogP contribution in [0.3, 0.4) is 0 Å². The van der Waals surface area contributed by atoms with Crippen molar-refractivity contribution in [1.29, 1.82) is 0 Å². The van der Waals surface area contributed by atoms with Crippen LogP contribution in [0, 0.1) is 6.92 Å². The number of carbonyl (C=O) groups is 2. The molecule has 0 aliphatic rings. The highest BCUT2D eigenvalue weighted by atomic mass is 35.5. The molecule has 0 aliphatic carbocycles. The topological polar surface area (TPSA) is 112 Å². The zero-order valence-corrected chi connectivity index (χ0v) is 12.0. The van der Waals surface area contributed by atoms with Gasteiger partial charge in [0, 0.05) is 0 Å². The molecule has 0 spiro atoms. The number of carboxylic acid groups (broad SMARTS) is 2. The molecule has 0 fully saturated rings. The van der Waals surface area contributed by atoms with Crippen molar-refractivity contribution in [2.75, 3.05) is 13.1 Å². The Bertz CT molecular complexity index is 626. The lowest BCUT2D eigenvalue weighted by Gasteiger charge is -2.19. The summed E-state index contributed by atoms with van der Waals surface area (Å²) in [5.74, 6) is -2.92. The number of benzene rings is 1. The van der Waals surface area contributed by atoms with Crippen molar-refractivity contribution >= 4 is 33.6 Å². The van der Waals surface area contributed by atoms with Crippen LogP contribution in [-0.4, -0.2) is 48.0 Å². The molecule has 110 valence electrons. The standard InChI is InChI=1S/C11H12ClNO6S/c1-7-2-3-9(8(12)4-7)20(18,19)13(5-10(14)15)6-11(16)17/h2-4H,5-6H2,1H3,(H,14,15)(H,16,17). The van der Waals surface area contributed by atoms with Crippen molar-refractivity contribution in [3.05, 3.63) is 28.8 Å². The van der Waals surface area contributed by atoms with Crippen LogP contribution in [0.15, 0.2) is 23.1 Å². The summed E-state index contributed by atoms with van der Waals surface area (Å²) in [5, 5.41) is 17.3. The minimum absolute atomic E-state index is 0.0919. The van der Waals surface area contributed by atoms with Crippen molar-refractivity contribution in [2.45, 2.75) is 11.8 Å². The quantitative estimate of drug-likeness (QED) is 0.801. The fourth-order valence-corrected chi connectivity index (χ4v) is 3.39. The highest BCUT2D eigenvalue weighted by molar-refractivity contribution is 7.89. The summed E-state index contributed by atoms with van der Waals surface area (Å²) in [6, 6.07) is 4.09. The molecule has 20 heavy (non-hydrogen) atoms. The zero-order chi connectivity index (χ0) is 15.5. The summed E-state index contributed by atoms with van der Waals surface area (Å²) in [6.07, 6.45) is 0. The molecule has 0 aliphatic heterocycles. The highest BCUT2D eigenvalue weighted by Gasteiger charge is 2.30. The normalized spacial score (nSPS) is 11.6. The molecule has 0 radical (unpaired) electrons. The van der Waals surface area contributed by atoms with Gasteiger partial charge >= 0.3 is 11.9 Å². The average molecular weight is 322 g/mol. The van der Waals surface area contributed by atoms with Crippen molar-refractivity contribution in [2.24, 2.45) is 0 Å². The number of sulfonamides is 1. The van der Waals surface area contributed by atoms with E-state index in [1.54, 1.807) is 6.92 Å². The molecular formula is C11H12ClNO6S. The molecule has 0 saturated carbocycles. The lowest BCUT2D eigenvalue weighted by molar-refractivity contribution is -0.139. The molecule has 0 unspecified atom stereocenters. The minimum atomic E-state index is -4.30. The molecular weight excluding hydrogens is 310 g/mol. The Morgan fingerprint density at radius 2 is 1.70 bits per heavy atom. The SMILES string of the molecule is Cc1ccc(S(=O)(=O)N(CC(=O)O)CC(=O)O)c(Cl)c1. The Morgan fingerprint density at radius 1 is 1.20 bits per heavy atom. The molecule has 7 nitrogen and oxygen atoms in total. The first-order chi connectivity index (χ1) is 9.14. The third-order valence-electron chi connectivity index (χ3n) is 2.33. The zero-order valence-electron chi connectivity index (χ0n) is 10.4. The van der Waals surface area contributed by atoms with Crippen LogP contribution in [0.25, 0.3) is 0 Å². The predicted molar refractivity (Wildman–Crippen MR) is 70.2 cm³/mol. The van der Waals surface area contributed by atoms with E-state index in [4.69, 9.17) is 21.8 Å². The first kappa shape index (κ1) is 16.4. The van der Waals surface area contributed by atoms with Gasteiger partial charge in [-0.05, 0) is 24.6 Å². The minimum Gasteiger partial charge on any atom is -0.480 e. The Kier molecular flexibility index (Phi) is 5.09. The summed E-state index contributed by atoms with van der Waals surface area (Å²) in [6.45, 7) is -0.216. The van der Waals surface area contributed by atoms with Gasteiger partial charge in [-0.2, -0.15) is 4.31 Å². The molecule has 1 rings (SSSR count). The summed E-state index contributed by atoms with van der Waals surface area (Å²) in [7, 11) is -4.30. The second-order valence-corrected chi connectivity index (χ2v) is 6.31. The highest BCUT2D eigenvalue weighted by Crippen LogP contribution is 2.25. The van der Waals surface area contributed by atoms with Gasteiger partial charge in [-0.25, -0.2) is 8.42 Å². The second kappa shape index (κ2) is 6.21. The van der Waals surface area contributed by atoms with Gasteiger partial charge in [0.1, 0.15) is 18.0 Å². The smallest absolute Gasteiger partial charge is 0.318 e. The summed E-state index contributed by atoms with van der Waals surface area (Å²) in [5.41, 5.74) is 0.719. The maximum atomic E-state index is 12.3. The van der Waals surface area contributed by atoms with Crippen molar-refractivity contribution in [3.8, 4) is 0 Å². The summed E-state index contributed by atoms with van der Waals surface area (Å²) >= 11 is 5.83. The number of aryl methyl sites for hydroxylation is 1. The molecule has 0 saturated heterocycles. The molecule has 1 aromatic carbocycles. The molecule has 9 heteroatoms.